The van der Waals surface area contributed by atoms with E-state index in [0.717, 1.165) is 58.3 Å². The van der Waals surface area contributed by atoms with Crippen molar-refractivity contribution >= 4 is 5.91 Å². The molecule has 0 unspecified atom stereocenters. The number of nitrogens with zero attached hydrogens (tertiary/aromatic N) is 1. The van der Waals surface area contributed by atoms with Gasteiger partial charge in [-0.1, -0.05) is 0 Å². The summed E-state index contributed by atoms with van der Waals surface area (Å²) in [7, 11) is 0. The first-order valence-electron chi connectivity index (χ1n) is 6.72. The van der Waals surface area contributed by atoms with Gasteiger partial charge in [0.25, 0.3) is 0 Å². The van der Waals surface area contributed by atoms with Crippen LogP contribution in [0.15, 0.2) is 0 Å². The molecule has 1 saturated carbocycles. The van der Waals surface area contributed by atoms with E-state index in [0.29, 0.717) is 5.91 Å². The van der Waals surface area contributed by atoms with Crippen LogP contribution < -0.4 is 0 Å². The largest absolute Gasteiger partial charge is 0.348 e. The molecule has 2 aliphatic heterocycles. The van der Waals surface area contributed by atoms with Gasteiger partial charge in [-0.2, -0.15) is 0 Å². The number of amides is 1. The molecule has 1 aliphatic carbocycles. The van der Waals surface area contributed by atoms with Crippen molar-refractivity contribution in [3.8, 4) is 0 Å². The van der Waals surface area contributed by atoms with Crippen molar-refractivity contribution in [3.05, 3.63) is 0 Å². The molecule has 0 radical (unpaired) electrons. The van der Waals surface area contributed by atoms with Crippen LogP contribution in [0.1, 0.15) is 45.4 Å². The summed E-state index contributed by atoms with van der Waals surface area (Å²) < 4.78 is 11.5. The lowest BCUT2D eigenvalue weighted by Gasteiger charge is -2.46. The molecule has 17 heavy (non-hydrogen) atoms. The summed E-state index contributed by atoms with van der Waals surface area (Å²) in [4.78, 5) is 13.9. The topological polar surface area (TPSA) is 38.8 Å². The van der Waals surface area contributed by atoms with E-state index in [-0.39, 0.29) is 11.3 Å². The van der Waals surface area contributed by atoms with Crippen LogP contribution in [-0.4, -0.2) is 41.9 Å². The third-order valence-corrected chi connectivity index (χ3v) is 4.63. The first-order valence-corrected chi connectivity index (χ1v) is 6.72. The van der Waals surface area contributed by atoms with Gasteiger partial charge in [-0.15, -0.1) is 0 Å². The summed E-state index contributed by atoms with van der Waals surface area (Å²) in [6.45, 7) is 4.60. The lowest BCUT2D eigenvalue weighted by Crippen LogP contribution is -2.52. The maximum Gasteiger partial charge on any atom is 0.223 e. The van der Waals surface area contributed by atoms with Gasteiger partial charge >= 0.3 is 0 Å². The van der Waals surface area contributed by atoms with E-state index in [9.17, 15) is 4.79 Å². The number of hydrogen-bond donors (Lipinski definition) is 0. The van der Waals surface area contributed by atoms with Gasteiger partial charge in [0.05, 0.1) is 13.2 Å². The molecule has 1 amide bonds. The molecule has 0 N–H and O–H groups in total. The normalized spacial score (nSPS) is 31.4. The number of ether oxygens (including phenoxy) is 2. The highest BCUT2D eigenvalue weighted by molar-refractivity contribution is 5.79. The van der Waals surface area contributed by atoms with Crippen molar-refractivity contribution in [3.63, 3.8) is 0 Å². The van der Waals surface area contributed by atoms with E-state index in [1.807, 2.05) is 0 Å². The zero-order valence-electron chi connectivity index (χ0n) is 10.5. The van der Waals surface area contributed by atoms with Crippen LogP contribution in [-0.2, 0) is 14.3 Å². The second-order valence-corrected chi connectivity index (χ2v) is 5.75. The van der Waals surface area contributed by atoms with Crippen LogP contribution in [0, 0.1) is 0 Å². The van der Waals surface area contributed by atoms with Crippen LogP contribution in [0.4, 0.5) is 0 Å². The van der Waals surface area contributed by atoms with Gasteiger partial charge in [0.15, 0.2) is 5.79 Å². The molecule has 0 aromatic rings. The van der Waals surface area contributed by atoms with E-state index in [4.69, 9.17) is 9.47 Å². The predicted molar refractivity (Wildman–Crippen MR) is 62.5 cm³/mol. The minimum Gasteiger partial charge on any atom is -0.348 e. The first kappa shape index (κ1) is 11.5. The molecular weight excluding hydrogens is 218 g/mol. The Bertz CT molecular complexity index is 313. The summed E-state index contributed by atoms with van der Waals surface area (Å²) in [5, 5.41) is 0. The molecule has 0 aromatic heterocycles. The minimum atomic E-state index is -0.317. The lowest BCUT2D eigenvalue weighted by atomic mass is 9.79. The summed E-state index contributed by atoms with van der Waals surface area (Å²) in [6, 6.07) is 0. The maximum atomic E-state index is 11.9. The average molecular weight is 239 g/mol. The maximum absolute atomic E-state index is 11.9. The number of rotatable bonds is 1. The number of hydrogen-bond acceptors (Lipinski definition) is 3. The Labute approximate surface area is 102 Å². The molecule has 3 fully saturated rings. The second-order valence-electron chi connectivity index (χ2n) is 5.75. The van der Waals surface area contributed by atoms with Crippen molar-refractivity contribution in [2.24, 2.45) is 0 Å². The van der Waals surface area contributed by atoms with E-state index in [1.54, 1.807) is 0 Å². The number of carbonyl (C=O) groups excluding carboxylic acids is 1. The van der Waals surface area contributed by atoms with Crippen molar-refractivity contribution in [1.29, 1.82) is 0 Å². The van der Waals surface area contributed by atoms with Crippen LogP contribution in [0.2, 0.25) is 0 Å². The van der Waals surface area contributed by atoms with Crippen LogP contribution in [0.5, 0.6) is 0 Å². The van der Waals surface area contributed by atoms with Gasteiger partial charge < -0.3 is 14.4 Å². The molecule has 3 rings (SSSR count). The first-order chi connectivity index (χ1) is 8.14. The Kier molecular flexibility index (Phi) is 2.67. The lowest BCUT2D eigenvalue weighted by molar-refractivity contribution is -0.193. The molecule has 0 atom stereocenters. The number of likely N-dealkylation sites (tertiary alicyclic amines) is 1. The second kappa shape index (κ2) is 3.95. The molecule has 0 aromatic carbocycles. The van der Waals surface area contributed by atoms with E-state index in [2.05, 4.69) is 11.8 Å². The fraction of sp³-hybridized carbons (Fsp3) is 0.923. The average Bonchev–Trinajstić information content (AvgIpc) is 2.94. The summed E-state index contributed by atoms with van der Waals surface area (Å²) >= 11 is 0. The van der Waals surface area contributed by atoms with E-state index >= 15 is 0 Å². The van der Waals surface area contributed by atoms with Crippen LogP contribution in [0.25, 0.3) is 0 Å². The van der Waals surface area contributed by atoms with Crippen molar-refractivity contribution in [2.45, 2.75) is 56.8 Å². The van der Waals surface area contributed by atoms with Crippen LogP contribution >= 0.6 is 0 Å². The Hall–Kier alpha value is -0.610. The van der Waals surface area contributed by atoms with Gasteiger partial charge in [0.1, 0.15) is 0 Å². The van der Waals surface area contributed by atoms with Crippen LogP contribution in [0.3, 0.4) is 0 Å². The monoisotopic (exact) mass is 239 g/mol. The standard InChI is InChI=1S/C13H21NO3/c1-12(14-8-2-3-11(14)15)4-6-13(7-5-12)16-9-10-17-13/h2-10H2,1H3. The van der Waals surface area contributed by atoms with Crippen molar-refractivity contribution in [2.75, 3.05) is 19.8 Å². The highest BCUT2D eigenvalue weighted by Crippen LogP contribution is 2.43. The Balaban J connectivity index is 1.68. The quantitative estimate of drug-likeness (QED) is 0.699. The molecule has 2 heterocycles. The van der Waals surface area contributed by atoms with E-state index < -0.39 is 0 Å². The smallest absolute Gasteiger partial charge is 0.223 e. The van der Waals surface area contributed by atoms with Gasteiger partial charge in [-0.05, 0) is 26.2 Å². The van der Waals surface area contributed by atoms with Gasteiger partial charge in [-0.3, -0.25) is 4.79 Å². The molecule has 1 spiro atoms. The molecule has 4 heteroatoms. The van der Waals surface area contributed by atoms with Gasteiger partial charge in [0, 0.05) is 31.3 Å². The molecule has 4 nitrogen and oxygen atoms in total. The van der Waals surface area contributed by atoms with Crippen molar-refractivity contribution < 1.29 is 14.3 Å². The minimum absolute atomic E-state index is 0.0359. The number of carbonyl (C=O) groups is 1. The fourth-order valence-electron chi connectivity index (χ4n) is 3.44. The zero-order valence-corrected chi connectivity index (χ0v) is 10.5. The van der Waals surface area contributed by atoms with Gasteiger partial charge in [0.2, 0.25) is 5.91 Å². The Morgan fingerprint density at radius 1 is 1.12 bits per heavy atom. The van der Waals surface area contributed by atoms with Crippen molar-refractivity contribution in [1.82, 2.24) is 4.90 Å². The predicted octanol–water partition coefficient (Wildman–Crippen LogP) is 1.68. The summed E-state index contributed by atoms with van der Waals surface area (Å²) in [5.74, 6) is 0.0131. The zero-order chi connectivity index (χ0) is 11.9. The third-order valence-electron chi connectivity index (χ3n) is 4.63. The SMILES string of the molecule is CC1(N2CCCC2=O)CCC2(CC1)OCCO2. The van der Waals surface area contributed by atoms with Gasteiger partial charge in [-0.25, -0.2) is 0 Å². The highest BCUT2D eigenvalue weighted by Gasteiger charge is 2.48. The Morgan fingerprint density at radius 2 is 1.76 bits per heavy atom. The summed E-state index contributed by atoms with van der Waals surface area (Å²) in [5.41, 5.74) is 0.0359. The fourth-order valence-corrected chi connectivity index (χ4v) is 3.44. The molecule has 3 aliphatic rings. The highest BCUT2D eigenvalue weighted by atomic mass is 16.7. The molecular formula is C13H21NO3. The summed E-state index contributed by atoms with van der Waals surface area (Å²) in [6.07, 6.45) is 5.60. The molecule has 96 valence electrons. The molecule has 0 bridgehead atoms. The van der Waals surface area contributed by atoms with E-state index in [1.165, 1.54) is 0 Å². The molecule has 2 saturated heterocycles. The third kappa shape index (κ3) is 1.87. The Morgan fingerprint density at radius 3 is 2.29 bits per heavy atom.